The Morgan fingerprint density at radius 3 is 2.16 bits per heavy atom. The van der Waals surface area contributed by atoms with E-state index in [1.54, 1.807) is 23.5 Å². The average molecular weight is 420 g/mol. The van der Waals surface area contributed by atoms with Gasteiger partial charge in [0.2, 0.25) is 0 Å². The summed E-state index contributed by atoms with van der Waals surface area (Å²) in [5, 5.41) is 2.55. The van der Waals surface area contributed by atoms with Crippen molar-refractivity contribution in [2.24, 2.45) is 0 Å². The predicted molar refractivity (Wildman–Crippen MR) is 125 cm³/mol. The first kappa shape index (κ1) is 18.0. The number of aromatic nitrogens is 1. The number of hydrogen-bond acceptors (Lipinski definition) is 4. The fraction of sp³-hybridized carbons (Fsp3) is 0.0385. The van der Waals surface area contributed by atoms with Crippen LogP contribution in [-0.2, 0) is 0 Å². The van der Waals surface area contributed by atoms with Crippen LogP contribution in [0.3, 0.4) is 0 Å². The largest absolute Gasteiger partial charge is 0.268 e. The lowest BCUT2D eigenvalue weighted by Gasteiger charge is -2.27. The van der Waals surface area contributed by atoms with Gasteiger partial charge >= 0.3 is 0 Å². The molecule has 0 aliphatic carbocycles. The molecule has 5 heteroatoms. The number of carbonyl (C=O) groups is 2. The highest BCUT2D eigenvalue weighted by Crippen LogP contribution is 2.35. The van der Waals surface area contributed by atoms with E-state index in [0.29, 0.717) is 16.8 Å². The smallest absolute Gasteiger partial charge is 0.265 e. The molecule has 4 nitrogen and oxygen atoms in total. The van der Waals surface area contributed by atoms with E-state index in [2.05, 4.69) is 19.1 Å². The maximum Gasteiger partial charge on any atom is 0.265 e. The predicted octanol–water partition coefficient (Wildman–Crippen LogP) is 6.23. The Morgan fingerprint density at radius 1 is 0.806 bits per heavy atom. The van der Waals surface area contributed by atoms with E-state index in [-0.39, 0.29) is 11.8 Å². The summed E-state index contributed by atoms with van der Waals surface area (Å²) in [7, 11) is 0. The number of nitrogens with zero attached hydrogens (tertiary/aromatic N) is 2. The number of rotatable bonds is 2. The molecule has 4 aromatic carbocycles. The highest BCUT2D eigenvalue weighted by molar-refractivity contribution is 7.21. The summed E-state index contributed by atoms with van der Waals surface area (Å²) < 4.78 is 1.14. The van der Waals surface area contributed by atoms with Crippen LogP contribution in [-0.4, -0.2) is 16.8 Å². The zero-order chi connectivity index (χ0) is 21.1. The molecular weight excluding hydrogens is 404 g/mol. The highest BCUT2D eigenvalue weighted by Gasteiger charge is 2.33. The van der Waals surface area contributed by atoms with E-state index in [1.165, 1.54) is 10.5 Å². The number of benzene rings is 4. The van der Waals surface area contributed by atoms with Crippen molar-refractivity contribution in [1.29, 1.82) is 0 Å². The molecular formula is C26H16N2O2S. The topological polar surface area (TPSA) is 50.3 Å². The zero-order valence-electron chi connectivity index (χ0n) is 16.6. The second-order valence-electron chi connectivity index (χ2n) is 7.69. The molecule has 0 radical (unpaired) electrons. The van der Waals surface area contributed by atoms with E-state index in [9.17, 15) is 9.59 Å². The lowest BCUT2D eigenvalue weighted by Crippen LogP contribution is -2.40. The Bertz CT molecular complexity index is 1480. The monoisotopic (exact) mass is 420 g/mol. The fourth-order valence-corrected chi connectivity index (χ4v) is 5.24. The van der Waals surface area contributed by atoms with Gasteiger partial charge in [0.05, 0.1) is 15.9 Å². The van der Waals surface area contributed by atoms with Gasteiger partial charge in [-0.1, -0.05) is 30.3 Å². The summed E-state index contributed by atoms with van der Waals surface area (Å²) in [6.07, 6.45) is 0. The molecule has 0 N–H and O–H groups in total. The minimum atomic E-state index is -0.294. The van der Waals surface area contributed by atoms with Crippen LogP contribution in [0.4, 0.5) is 5.69 Å². The van der Waals surface area contributed by atoms with Crippen molar-refractivity contribution in [3.8, 4) is 10.6 Å². The Kier molecular flexibility index (Phi) is 3.82. The maximum absolute atomic E-state index is 13.2. The summed E-state index contributed by atoms with van der Waals surface area (Å²) in [6.45, 7) is 2.07. The number of amides is 2. The molecule has 1 aliphatic heterocycles. The van der Waals surface area contributed by atoms with Gasteiger partial charge in [-0.2, -0.15) is 0 Å². The molecule has 2 heterocycles. The fourth-order valence-electron chi connectivity index (χ4n) is 4.17. The average Bonchev–Trinajstić information content (AvgIpc) is 3.21. The molecule has 148 valence electrons. The molecule has 0 saturated heterocycles. The first-order valence-corrected chi connectivity index (χ1v) is 10.8. The first-order valence-electron chi connectivity index (χ1n) is 9.98. The third kappa shape index (κ3) is 2.71. The minimum absolute atomic E-state index is 0.294. The van der Waals surface area contributed by atoms with Gasteiger partial charge in [0, 0.05) is 22.1 Å². The van der Waals surface area contributed by atoms with Crippen molar-refractivity contribution >= 4 is 49.8 Å². The molecule has 0 atom stereocenters. The lowest BCUT2D eigenvalue weighted by atomic mass is 9.94. The quantitative estimate of drug-likeness (QED) is 0.318. The van der Waals surface area contributed by atoms with Crippen LogP contribution in [0.15, 0.2) is 78.9 Å². The molecule has 0 spiro atoms. The molecule has 0 saturated carbocycles. The first-order chi connectivity index (χ1) is 15.1. The minimum Gasteiger partial charge on any atom is -0.268 e. The van der Waals surface area contributed by atoms with Crippen molar-refractivity contribution < 1.29 is 9.59 Å². The van der Waals surface area contributed by atoms with Crippen LogP contribution in [0, 0.1) is 6.92 Å². The summed E-state index contributed by atoms with van der Waals surface area (Å²) in [4.78, 5) is 32.4. The number of aryl methyl sites for hydroxylation is 1. The maximum atomic E-state index is 13.2. The van der Waals surface area contributed by atoms with Gasteiger partial charge in [0.25, 0.3) is 11.8 Å². The molecule has 2 amide bonds. The Labute approximate surface area is 182 Å². The van der Waals surface area contributed by atoms with Crippen LogP contribution < -0.4 is 4.90 Å². The van der Waals surface area contributed by atoms with Crippen LogP contribution in [0.5, 0.6) is 0 Å². The van der Waals surface area contributed by atoms with Crippen molar-refractivity contribution in [1.82, 2.24) is 4.98 Å². The van der Waals surface area contributed by atoms with Crippen molar-refractivity contribution in [3.63, 3.8) is 0 Å². The normalized spacial score (nSPS) is 13.4. The van der Waals surface area contributed by atoms with Crippen molar-refractivity contribution in [2.75, 3.05) is 4.90 Å². The molecule has 1 aliphatic rings. The molecule has 0 bridgehead atoms. The SMILES string of the molecule is Cc1ccc2nc(-c3ccc(N4C(=O)c5cccc6cccc(c56)C4=O)cc3)sc2c1. The number of anilines is 1. The van der Waals surface area contributed by atoms with Crippen LogP contribution in [0.1, 0.15) is 26.3 Å². The van der Waals surface area contributed by atoms with Gasteiger partial charge in [-0.3, -0.25) is 9.59 Å². The summed E-state index contributed by atoms with van der Waals surface area (Å²) in [5.41, 5.74) is 4.80. The van der Waals surface area contributed by atoms with Gasteiger partial charge in [-0.15, -0.1) is 11.3 Å². The van der Waals surface area contributed by atoms with Crippen molar-refractivity contribution in [3.05, 3.63) is 95.6 Å². The number of thiazole rings is 1. The van der Waals surface area contributed by atoms with Gasteiger partial charge in [-0.05, 0) is 66.4 Å². The number of imide groups is 1. The summed E-state index contributed by atoms with van der Waals surface area (Å²) in [5.74, 6) is -0.588. The second kappa shape index (κ2) is 6.59. The third-order valence-electron chi connectivity index (χ3n) is 5.69. The van der Waals surface area contributed by atoms with E-state index < -0.39 is 0 Å². The van der Waals surface area contributed by atoms with Gasteiger partial charge in [0.15, 0.2) is 0 Å². The van der Waals surface area contributed by atoms with Gasteiger partial charge in [-0.25, -0.2) is 9.88 Å². The number of carbonyl (C=O) groups excluding carboxylic acids is 2. The third-order valence-corrected chi connectivity index (χ3v) is 6.76. The molecule has 5 aromatic rings. The van der Waals surface area contributed by atoms with E-state index in [0.717, 1.165) is 31.6 Å². The Hall–Kier alpha value is -3.83. The van der Waals surface area contributed by atoms with Crippen LogP contribution >= 0.6 is 11.3 Å². The number of fused-ring (bicyclic) bond motifs is 1. The van der Waals surface area contributed by atoms with Crippen molar-refractivity contribution in [2.45, 2.75) is 6.92 Å². The molecule has 1 aromatic heterocycles. The molecule has 31 heavy (non-hydrogen) atoms. The molecule has 0 fully saturated rings. The molecule has 0 unspecified atom stereocenters. The highest BCUT2D eigenvalue weighted by atomic mass is 32.1. The zero-order valence-corrected chi connectivity index (χ0v) is 17.4. The Balaban J connectivity index is 1.41. The van der Waals surface area contributed by atoms with E-state index in [1.807, 2.05) is 54.6 Å². The van der Waals surface area contributed by atoms with Crippen LogP contribution in [0.2, 0.25) is 0 Å². The standard InChI is InChI=1S/C26H16N2O2S/c1-15-8-13-21-22(14-15)31-24(27-21)17-9-11-18(12-10-17)28-25(29)19-6-2-4-16-5-3-7-20(23(16)19)26(28)30/h2-14H,1H3. The summed E-state index contributed by atoms with van der Waals surface area (Å²) >= 11 is 1.64. The second-order valence-corrected chi connectivity index (χ2v) is 8.72. The van der Waals surface area contributed by atoms with E-state index in [4.69, 9.17) is 4.98 Å². The van der Waals surface area contributed by atoms with Gasteiger partial charge in [0.1, 0.15) is 5.01 Å². The summed E-state index contributed by atoms with van der Waals surface area (Å²) in [6, 6.07) is 24.8. The Morgan fingerprint density at radius 2 is 1.48 bits per heavy atom. The molecule has 6 rings (SSSR count). The van der Waals surface area contributed by atoms with E-state index >= 15 is 0 Å². The van der Waals surface area contributed by atoms with Gasteiger partial charge < -0.3 is 0 Å². The number of hydrogen-bond donors (Lipinski definition) is 0. The van der Waals surface area contributed by atoms with Crippen LogP contribution in [0.25, 0.3) is 31.6 Å². The lowest BCUT2D eigenvalue weighted by molar-refractivity contribution is 0.0893.